The molecule has 2 rings (SSSR count). The maximum absolute atomic E-state index is 12.2. The second kappa shape index (κ2) is 7.53. The van der Waals surface area contributed by atoms with Crippen LogP contribution in [-0.2, 0) is 11.3 Å². The number of halogens is 1. The lowest BCUT2D eigenvalue weighted by Crippen LogP contribution is -2.37. The third-order valence-corrected chi connectivity index (χ3v) is 3.98. The first-order valence-corrected chi connectivity index (χ1v) is 8.05. The summed E-state index contributed by atoms with van der Waals surface area (Å²) in [7, 11) is 0. The van der Waals surface area contributed by atoms with Crippen molar-refractivity contribution in [2.24, 2.45) is 0 Å². The molecule has 1 atom stereocenters. The third-order valence-electron chi connectivity index (χ3n) is 3.74. The summed E-state index contributed by atoms with van der Waals surface area (Å²) in [5.41, 5.74) is 2.85. The topological polar surface area (TPSA) is 71.2 Å². The van der Waals surface area contributed by atoms with Crippen molar-refractivity contribution in [2.45, 2.75) is 40.3 Å². The van der Waals surface area contributed by atoms with Gasteiger partial charge in [-0.2, -0.15) is 0 Å². The molecule has 0 saturated heterocycles. The number of aromatic nitrogens is 1. The Morgan fingerprint density at radius 1 is 1.25 bits per heavy atom. The minimum atomic E-state index is -0.685. The van der Waals surface area contributed by atoms with Gasteiger partial charge < -0.3 is 15.0 Å². The summed E-state index contributed by atoms with van der Waals surface area (Å²) in [6.45, 7) is 7.35. The SMILES string of the molecule is Cc1cc(C)c(CNC(=O)[C@H](C)Oc2ccc(Cl)cc2C)c(=O)[nH]1. The van der Waals surface area contributed by atoms with E-state index in [0.29, 0.717) is 16.3 Å². The van der Waals surface area contributed by atoms with Crippen LogP contribution < -0.4 is 15.6 Å². The normalized spacial score (nSPS) is 11.9. The smallest absolute Gasteiger partial charge is 0.261 e. The fourth-order valence-electron chi connectivity index (χ4n) is 2.41. The molecule has 0 bridgehead atoms. The number of pyridine rings is 1. The number of ether oxygens (including phenoxy) is 1. The predicted octanol–water partition coefficient (Wildman–Crippen LogP) is 3.04. The summed E-state index contributed by atoms with van der Waals surface area (Å²) in [6.07, 6.45) is -0.685. The van der Waals surface area contributed by atoms with Crippen molar-refractivity contribution in [3.63, 3.8) is 0 Å². The highest BCUT2D eigenvalue weighted by Gasteiger charge is 2.16. The Morgan fingerprint density at radius 3 is 2.58 bits per heavy atom. The van der Waals surface area contributed by atoms with Crippen LogP contribution in [0.2, 0.25) is 5.02 Å². The van der Waals surface area contributed by atoms with Crippen molar-refractivity contribution in [1.29, 1.82) is 0 Å². The van der Waals surface area contributed by atoms with Crippen LogP contribution in [0.1, 0.15) is 29.3 Å². The molecule has 0 spiro atoms. The van der Waals surface area contributed by atoms with Crippen LogP contribution >= 0.6 is 11.6 Å². The number of rotatable bonds is 5. The first-order chi connectivity index (χ1) is 11.3. The molecule has 128 valence electrons. The Labute approximate surface area is 146 Å². The monoisotopic (exact) mass is 348 g/mol. The van der Waals surface area contributed by atoms with Gasteiger partial charge in [0.25, 0.3) is 11.5 Å². The number of hydrogen-bond acceptors (Lipinski definition) is 3. The molecule has 2 N–H and O–H groups in total. The summed E-state index contributed by atoms with van der Waals surface area (Å²) in [6, 6.07) is 7.09. The second-order valence-corrected chi connectivity index (χ2v) is 6.27. The third kappa shape index (κ3) is 4.38. The van der Waals surface area contributed by atoms with E-state index in [1.165, 1.54) is 0 Å². The summed E-state index contributed by atoms with van der Waals surface area (Å²) < 4.78 is 5.67. The zero-order valence-corrected chi connectivity index (χ0v) is 15.0. The molecular formula is C18H21ClN2O3. The van der Waals surface area contributed by atoms with Crippen LogP contribution in [0.15, 0.2) is 29.1 Å². The minimum Gasteiger partial charge on any atom is -0.481 e. The molecule has 0 aliphatic heterocycles. The second-order valence-electron chi connectivity index (χ2n) is 5.83. The van der Waals surface area contributed by atoms with Crippen LogP contribution in [0.3, 0.4) is 0 Å². The Balaban J connectivity index is 2.01. The largest absolute Gasteiger partial charge is 0.481 e. The van der Waals surface area contributed by atoms with E-state index in [0.717, 1.165) is 16.8 Å². The predicted molar refractivity (Wildman–Crippen MR) is 94.7 cm³/mol. The zero-order chi connectivity index (χ0) is 17.9. The Kier molecular flexibility index (Phi) is 5.67. The molecule has 24 heavy (non-hydrogen) atoms. The number of benzene rings is 1. The standard InChI is InChI=1S/C18H21ClN2O3/c1-10-7-12(3)21-18(23)15(10)9-20-17(22)13(4)24-16-6-5-14(19)8-11(16)2/h5-8,13H,9H2,1-4H3,(H,20,22)(H,21,23)/t13-/m0/s1. The average Bonchev–Trinajstić information content (AvgIpc) is 2.48. The molecular weight excluding hydrogens is 328 g/mol. The van der Waals surface area contributed by atoms with Crippen molar-refractivity contribution < 1.29 is 9.53 Å². The summed E-state index contributed by atoms with van der Waals surface area (Å²) in [5, 5.41) is 3.36. The number of carbonyl (C=O) groups is 1. The van der Waals surface area contributed by atoms with E-state index in [1.807, 2.05) is 26.8 Å². The molecule has 6 heteroatoms. The highest BCUT2D eigenvalue weighted by atomic mass is 35.5. The number of H-pyrrole nitrogens is 1. The van der Waals surface area contributed by atoms with Gasteiger partial charge in [-0.3, -0.25) is 9.59 Å². The molecule has 0 saturated carbocycles. The summed E-state index contributed by atoms with van der Waals surface area (Å²) in [5.74, 6) is 0.315. The Bertz CT molecular complexity index is 814. The van der Waals surface area contributed by atoms with Gasteiger partial charge in [0.2, 0.25) is 0 Å². The molecule has 0 aliphatic carbocycles. The maximum atomic E-state index is 12.2. The fourth-order valence-corrected chi connectivity index (χ4v) is 2.64. The van der Waals surface area contributed by atoms with Gasteiger partial charge in [-0.25, -0.2) is 0 Å². The van der Waals surface area contributed by atoms with E-state index in [1.54, 1.807) is 25.1 Å². The number of carbonyl (C=O) groups excluding carboxylic acids is 1. The molecule has 1 heterocycles. The van der Waals surface area contributed by atoms with E-state index in [9.17, 15) is 9.59 Å². The van der Waals surface area contributed by atoms with Crippen molar-refractivity contribution >= 4 is 17.5 Å². The van der Waals surface area contributed by atoms with Crippen LogP contribution in [0, 0.1) is 20.8 Å². The zero-order valence-electron chi connectivity index (χ0n) is 14.2. The molecule has 0 radical (unpaired) electrons. The van der Waals surface area contributed by atoms with Crippen molar-refractivity contribution in [3.05, 3.63) is 62.0 Å². The number of hydrogen-bond donors (Lipinski definition) is 2. The van der Waals surface area contributed by atoms with Gasteiger partial charge in [-0.05, 0) is 63.1 Å². The van der Waals surface area contributed by atoms with Gasteiger partial charge in [0, 0.05) is 22.8 Å². The van der Waals surface area contributed by atoms with E-state index in [2.05, 4.69) is 10.3 Å². The molecule has 5 nitrogen and oxygen atoms in total. The van der Waals surface area contributed by atoms with E-state index < -0.39 is 6.10 Å². The number of nitrogens with one attached hydrogen (secondary N) is 2. The van der Waals surface area contributed by atoms with Gasteiger partial charge in [0.15, 0.2) is 6.10 Å². The van der Waals surface area contributed by atoms with Crippen LogP contribution in [0.25, 0.3) is 0 Å². The lowest BCUT2D eigenvalue weighted by molar-refractivity contribution is -0.127. The number of amides is 1. The van der Waals surface area contributed by atoms with E-state index in [4.69, 9.17) is 16.3 Å². The van der Waals surface area contributed by atoms with Crippen LogP contribution in [-0.4, -0.2) is 17.0 Å². The number of aryl methyl sites for hydroxylation is 3. The van der Waals surface area contributed by atoms with Gasteiger partial charge in [-0.15, -0.1) is 0 Å². The lowest BCUT2D eigenvalue weighted by Gasteiger charge is -2.16. The molecule has 2 aromatic rings. The molecule has 0 unspecified atom stereocenters. The van der Waals surface area contributed by atoms with E-state index >= 15 is 0 Å². The van der Waals surface area contributed by atoms with Crippen molar-refractivity contribution in [3.8, 4) is 5.75 Å². The maximum Gasteiger partial charge on any atom is 0.261 e. The van der Waals surface area contributed by atoms with Crippen LogP contribution in [0.5, 0.6) is 5.75 Å². The highest BCUT2D eigenvalue weighted by Crippen LogP contribution is 2.22. The van der Waals surface area contributed by atoms with Crippen molar-refractivity contribution in [1.82, 2.24) is 10.3 Å². The van der Waals surface area contributed by atoms with E-state index in [-0.39, 0.29) is 18.0 Å². The van der Waals surface area contributed by atoms with Gasteiger partial charge in [0.05, 0.1) is 0 Å². The fraction of sp³-hybridized carbons (Fsp3) is 0.333. The first kappa shape index (κ1) is 18.1. The molecule has 0 fully saturated rings. The quantitative estimate of drug-likeness (QED) is 0.872. The molecule has 0 aliphatic rings. The number of aromatic amines is 1. The Morgan fingerprint density at radius 2 is 1.96 bits per heavy atom. The van der Waals surface area contributed by atoms with Crippen molar-refractivity contribution in [2.75, 3.05) is 0 Å². The molecule has 1 aromatic heterocycles. The Hall–Kier alpha value is -2.27. The first-order valence-electron chi connectivity index (χ1n) is 7.68. The van der Waals surface area contributed by atoms with Gasteiger partial charge >= 0.3 is 0 Å². The average molecular weight is 349 g/mol. The van der Waals surface area contributed by atoms with Gasteiger partial charge in [-0.1, -0.05) is 11.6 Å². The molecule has 1 aromatic carbocycles. The molecule has 1 amide bonds. The summed E-state index contributed by atoms with van der Waals surface area (Å²) in [4.78, 5) is 26.9. The summed E-state index contributed by atoms with van der Waals surface area (Å²) >= 11 is 5.91. The van der Waals surface area contributed by atoms with Gasteiger partial charge in [0.1, 0.15) is 5.75 Å². The highest BCUT2D eigenvalue weighted by molar-refractivity contribution is 6.30. The lowest BCUT2D eigenvalue weighted by atomic mass is 10.1. The minimum absolute atomic E-state index is 0.160. The van der Waals surface area contributed by atoms with Crippen LogP contribution in [0.4, 0.5) is 0 Å².